The minimum atomic E-state index is 0.127. The van der Waals surface area contributed by atoms with Crippen molar-refractivity contribution < 1.29 is 10.2 Å². The molecule has 0 saturated carbocycles. The maximum atomic E-state index is 9.49. The Balaban J connectivity index is 2.11. The van der Waals surface area contributed by atoms with Crippen LogP contribution in [-0.4, -0.2) is 23.4 Å². The monoisotopic (exact) mass is 316 g/mol. The molecule has 0 unspecified atom stereocenters. The largest absolute Gasteiger partial charge is 0.396 e. The summed E-state index contributed by atoms with van der Waals surface area (Å²) in [5.41, 5.74) is 2.27. The van der Waals surface area contributed by atoms with Crippen LogP contribution in [0, 0.1) is 0 Å². The molecule has 0 atom stereocenters. The first kappa shape index (κ1) is 15.1. The molecule has 0 bridgehead atoms. The molecule has 4 rings (SSSR count). The topological polar surface area (TPSA) is 40.5 Å². The van der Waals surface area contributed by atoms with E-state index < -0.39 is 0 Å². The number of fused-ring (bicyclic) bond motifs is 5. The van der Waals surface area contributed by atoms with Gasteiger partial charge in [-0.05, 0) is 56.3 Å². The highest BCUT2D eigenvalue weighted by molar-refractivity contribution is 6.18. The lowest BCUT2D eigenvalue weighted by molar-refractivity contribution is 0.298. The minimum absolute atomic E-state index is 0.127. The van der Waals surface area contributed by atoms with E-state index in [0.717, 1.165) is 11.1 Å². The standard InChI is InChI=1S/C22H20O2/c23-11-9-15-13-17-6-7-20-19-4-2-1-3-16(19)5-8-21(20)22(17)18(14-15)10-12-24/h1-8,13-14,23-24H,9-12H2. The Labute approximate surface area is 141 Å². The summed E-state index contributed by atoms with van der Waals surface area (Å²) in [6.07, 6.45) is 1.27. The van der Waals surface area contributed by atoms with Gasteiger partial charge in [-0.1, -0.05) is 60.7 Å². The summed E-state index contributed by atoms with van der Waals surface area (Å²) < 4.78 is 0. The highest BCUT2D eigenvalue weighted by Gasteiger charge is 2.10. The van der Waals surface area contributed by atoms with Gasteiger partial charge in [0.1, 0.15) is 0 Å². The predicted octanol–water partition coefficient (Wildman–Crippen LogP) is 4.22. The van der Waals surface area contributed by atoms with Gasteiger partial charge in [-0.2, -0.15) is 0 Å². The number of aliphatic hydroxyl groups is 2. The van der Waals surface area contributed by atoms with Crippen LogP contribution in [0.15, 0.2) is 60.7 Å². The zero-order valence-corrected chi connectivity index (χ0v) is 13.5. The van der Waals surface area contributed by atoms with Crippen LogP contribution in [0.2, 0.25) is 0 Å². The van der Waals surface area contributed by atoms with E-state index in [1.807, 2.05) is 0 Å². The Bertz CT molecular complexity index is 1030. The number of hydrogen-bond acceptors (Lipinski definition) is 2. The molecule has 2 N–H and O–H groups in total. The van der Waals surface area contributed by atoms with Gasteiger partial charge in [0.2, 0.25) is 0 Å². The number of benzene rings is 4. The number of hydrogen-bond donors (Lipinski definition) is 2. The van der Waals surface area contributed by atoms with Crippen LogP contribution in [0.1, 0.15) is 11.1 Å². The molecule has 0 aromatic heterocycles. The SMILES string of the molecule is OCCc1cc(CCO)c2c(ccc3c4ccccc4ccc32)c1. The van der Waals surface area contributed by atoms with E-state index in [4.69, 9.17) is 0 Å². The van der Waals surface area contributed by atoms with E-state index in [0.29, 0.717) is 12.8 Å². The van der Waals surface area contributed by atoms with Gasteiger partial charge in [0.05, 0.1) is 0 Å². The highest BCUT2D eigenvalue weighted by Crippen LogP contribution is 2.34. The Kier molecular flexibility index (Phi) is 3.93. The van der Waals surface area contributed by atoms with Gasteiger partial charge in [-0.15, -0.1) is 0 Å². The second-order valence-electron chi connectivity index (χ2n) is 6.25. The Morgan fingerprint density at radius 1 is 0.625 bits per heavy atom. The molecule has 4 aromatic rings. The lowest BCUT2D eigenvalue weighted by Gasteiger charge is -2.13. The first-order valence-corrected chi connectivity index (χ1v) is 8.39. The highest BCUT2D eigenvalue weighted by atomic mass is 16.3. The molecule has 0 aliphatic rings. The second kappa shape index (κ2) is 6.23. The molecule has 0 heterocycles. The number of aliphatic hydroxyl groups excluding tert-OH is 2. The van der Waals surface area contributed by atoms with Crippen LogP contribution < -0.4 is 0 Å². The van der Waals surface area contributed by atoms with E-state index in [9.17, 15) is 10.2 Å². The lowest BCUT2D eigenvalue weighted by atomic mass is 9.91. The van der Waals surface area contributed by atoms with Crippen molar-refractivity contribution in [3.63, 3.8) is 0 Å². The maximum absolute atomic E-state index is 9.49. The fourth-order valence-corrected chi connectivity index (χ4v) is 3.71. The third-order valence-corrected chi connectivity index (χ3v) is 4.76. The zero-order chi connectivity index (χ0) is 16.5. The molecule has 24 heavy (non-hydrogen) atoms. The molecular weight excluding hydrogens is 296 g/mol. The van der Waals surface area contributed by atoms with Gasteiger partial charge in [0, 0.05) is 13.2 Å². The van der Waals surface area contributed by atoms with Crippen LogP contribution >= 0.6 is 0 Å². The van der Waals surface area contributed by atoms with E-state index in [1.54, 1.807) is 0 Å². The number of rotatable bonds is 4. The molecule has 0 fully saturated rings. The summed E-state index contributed by atoms with van der Waals surface area (Å²) in [5.74, 6) is 0. The predicted molar refractivity (Wildman–Crippen MR) is 101 cm³/mol. The average Bonchev–Trinajstić information content (AvgIpc) is 2.61. The molecular formula is C22H20O2. The summed E-state index contributed by atoms with van der Waals surface area (Å²) in [6, 6.07) is 21.4. The molecule has 0 radical (unpaired) electrons. The molecule has 2 heteroatoms. The molecule has 0 saturated heterocycles. The molecule has 0 aliphatic heterocycles. The molecule has 2 nitrogen and oxygen atoms in total. The summed E-state index contributed by atoms with van der Waals surface area (Å²) in [7, 11) is 0. The van der Waals surface area contributed by atoms with Crippen LogP contribution in [0.25, 0.3) is 32.3 Å². The van der Waals surface area contributed by atoms with Crippen molar-refractivity contribution >= 4 is 32.3 Å². The third kappa shape index (κ3) is 2.44. The van der Waals surface area contributed by atoms with Crippen molar-refractivity contribution in [3.8, 4) is 0 Å². The molecule has 4 aromatic carbocycles. The quantitative estimate of drug-likeness (QED) is 0.554. The lowest BCUT2D eigenvalue weighted by Crippen LogP contribution is -1.98. The van der Waals surface area contributed by atoms with Crippen LogP contribution in [-0.2, 0) is 12.8 Å². The summed E-state index contributed by atoms with van der Waals surface area (Å²) in [5, 5.41) is 26.1. The van der Waals surface area contributed by atoms with E-state index in [2.05, 4.69) is 60.7 Å². The van der Waals surface area contributed by atoms with Gasteiger partial charge in [-0.25, -0.2) is 0 Å². The molecule has 0 amide bonds. The maximum Gasteiger partial charge on any atom is 0.0471 e. The normalized spacial score (nSPS) is 11.6. The summed E-state index contributed by atoms with van der Waals surface area (Å²) in [4.78, 5) is 0. The molecule has 120 valence electrons. The zero-order valence-electron chi connectivity index (χ0n) is 13.5. The van der Waals surface area contributed by atoms with Crippen molar-refractivity contribution in [3.05, 3.63) is 71.8 Å². The van der Waals surface area contributed by atoms with Crippen LogP contribution in [0.5, 0.6) is 0 Å². The second-order valence-corrected chi connectivity index (χ2v) is 6.25. The smallest absolute Gasteiger partial charge is 0.0471 e. The van der Waals surface area contributed by atoms with E-state index in [-0.39, 0.29) is 13.2 Å². The third-order valence-electron chi connectivity index (χ3n) is 4.76. The molecule has 0 spiro atoms. The van der Waals surface area contributed by atoms with E-state index >= 15 is 0 Å². The van der Waals surface area contributed by atoms with Crippen molar-refractivity contribution in [2.45, 2.75) is 12.8 Å². The van der Waals surface area contributed by atoms with Crippen molar-refractivity contribution in [1.29, 1.82) is 0 Å². The van der Waals surface area contributed by atoms with Gasteiger partial charge >= 0.3 is 0 Å². The minimum Gasteiger partial charge on any atom is -0.396 e. The van der Waals surface area contributed by atoms with Gasteiger partial charge in [0.25, 0.3) is 0 Å². The summed E-state index contributed by atoms with van der Waals surface area (Å²) >= 11 is 0. The fraction of sp³-hybridized carbons (Fsp3) is 0.182. The first-order chi connectivity index (χ1) is 11.8. The Morgan fingerprint density at radius 3 is 2.21 bits per heavy atom. The Morgan fingerprint density at radius 2 is 1.38 bits per heavy atom. The van der Waals surface area contributed by atoms with Crippen molar-refractivity contribution in [2.75, 3.05) is 13.2 Å². The Hall–Kier alpha value is -2.42. The fourth-order valence-electron chi connectivity index (χ4n) is 3.71. The van der Waals surface area contributed by atoms with Gasteiger partial charge < -0.3 is 10.2 Å². The van der Waals surface area contributed by atoms with Crippen LogP contribution in [0.4, 0.5) is 0 Å². The molecule has 0 aliphatic carbocycles. The van der Waals surface area contributed by atoms with Gasteiger partial charge in [-0.3, -0.25) is 0 Å². The van der Waals surface area contributed by atoms with Crippen molar-refractivity contribution in [2.24, 2.45) is 0 Å². The van der Waals surface area contributed by atoms with E-state index in [1.165, 1.54) is 32.3 Å². The summed E-state index contributed by atoms with van der Waals surface area (Å²) in [6.45, 7) is 0.268. The van der Waals surface area contributed by atoms with Crippen molar-refractivity contribution in [1.82, 2.24) is 0 Å². The first-order valence-electron chi connectivity index (χ1n) is 8.39. The van der Waals surface area contributed by atoms with Crippen LogP contribution in [0.3, 0.4) is 0 Å². The average molecular weight is 316 g/mol. The van der Waals surface area contributed by atoms with Gasteiger partial charge in [0.15, 0.2) is 0 Å².